The Bertz CT molecular complexity index is 833. The Morgan fingerprint density at radius 1 is 1.00 bits per heavy atom. The predicted molar refractivity (Wildman–Crippen MR) is 88.3 cm³/mol. The molecule has 1 aromatic heterocycles. The summed E-state index contributed by atoms with van der Waals surface area (Å²) >= 11 is 3.51. The van der Waals surface area contributed by atoms with Crippen molar-refractivity contribution in [2.75, 3.05) is 11.1 Å². The van der Waals surface area contributed by atoms with Gasteiger partial charge in [0.15, 0.2) is 0 Å². The van der Waals surface area contributed by atoms with E-state index in [0.29, 0.717) is 11.5 Å². The summed E-state index contributed by atoms with van der Waals surface area (Å²) in [6.45, 7) is 0. The summed E-state index contributed by atoms with van der Waals surface area (Å²) < 4.78 is 0.984. The zero-order chi connectivity index (χ0) is 14.8. The van der Waals surface area contributed by atoms with Gasteiger partial charge < -0.3 is 11.1 Å². The fraction of sp³-hybridized carbons (Fsp3) is 0. The standard InChI is InChI=1S/C16H12BrN3O/c17-12-8-9-13(11-5-2-1-4-10(11)12)20-16(21)14-6-3-7-15(18)19-14/h1-9H,(H2,18,19)(H,20,21). The molecule has 0 atom stereocenters. The molecular formula is C16H12BrN3O. The number of benzene rings is 2. The third kappa shape index (κ3) is 2.73. The minimum Gasteiger partial charge on any atom is -0.384 e. The van der Waals surface area contributed by atoms with E-state index in [-0.39, 0.29) is 5.91 Å². The minimum absolute atomic E-state index is 0.283. The molecule has 3 aromatic rings. The zero-order valence-corrected chi connectivity index (χ0v) is 12.6. The molecule has 0 aliphatic carbocycles. The lowest BCUT2D eigenvalue weighted by Gasteiger charge is -2.10. The highest BCUT2D eigenvalue weighted by Crippen LogP contribution is 2.30. The van der Waals surface area contributed by atoms with Crippen LogP contribution in [0.3, 0.4) is 0 Å². The number of nitrogens with two attached hydrogens (primary N) is 1. The number of carbonyl (C=O) groups excluding carboxylic acids is 1. The van der Waals surface area contributed by atoms with Crippen LogP contribution in [0.4, 0.5) is 11.5 Å². The second-order valence-corrected chi connectivity index (χ2v) is 5.40. The summed E-state index contributed by atoms with van der Waals surface area (Å²) in [5.41, 5.74) is 6.64. The zero-order valence-electron chi connectivity index (χ0n) is 11.0. The largest absolute Gasteiger partial charge is 0.384 e. The van der Waals surface area contributed by atoms with Crippen LogP contribution in [0.25, 0.3) is 10.8 Å². The molecule has 0 radical (unpaired) electrons. The topological polar surface area (TPSA) is 68.0 Å². The highest BCUT2D eigenvalue weighted by atomic mass is 79.9. The van der Waals surface area contributed by atoms with E-state index in [0.717, 1.165) is 20.9 Å². The van der Waals surface area contributed by atoms with Crippen molar-refractivity contribution in [3.8, 4) is 0 Å². The molecule has 1 heterocycles. The van der Waals surface area contributed by atoms with Gasteiger partial charge in [-0.3, -0.25) is 4.79 Å². The van der Waals surface area contributed by atoms with Gasteiger partial charge >= 0.3 is 0 Å². The van der Waals surface area contributed by atoms with Gasteiger partial charge in [0, 0.05) is 15.5 Å². The van der Waals surface area contributed by atoms with Crippen LogP contribution in [0, 0.1) is 0 Å². The van der Waals surface area contributed by atoms with Crippen molar-refractivity contribution in [1.29, 1.82) is 0 Å². The fourth-order valence-corrected chi connectivity index (χ4v) is 2.61. The van der Waals surface area contributed by atoms with E-state index in [1.807, 2.05) is 36.4 Å². The molecule has 0 spiro atoms. The molecule has 0 saturated heterocycles. The van der Waals surface area contributed by atoms with Crippen LogP contribution < -0.4 is 11.1 Å². The molecule has 104 valence electrons. The van der Waals surface area contributed by atoms with Gasteiger partial charge in [-0.1, -0.05) is 46.3 Å². The first-order valence-corrected chi connectivity index (χ1v) is 7.15. The summed E-state index contributed by atoms with van der Waals surface area (Å²) in [6, 6.07) is 16.6. The van der Waals surface area contributed by atoms with Gasteiger partial charge in [-0.05, 0) is 29.7 Å². The van der Waals surface area contributed by atoms with Gasteiger partial charge in [0.25, 0.3) is 5.91 Å². The highest BCUT2D eigenvalue weighted by Gasteiger charge is 2.10. The average molecular weight is 342 g/mol. The number of fused-ring (bicyclic) bond motifs is 1. The van der Waals surface area contributed by atoms with E-state index < -0.39 is 0 Å². The van der Waals surface area contributed by atoms with Crippen LogP contribution >= 0.6 is 15.9 Å². The summed E-state index contributed by atoms with van der Waals surface area (Å²) in [6.07, 6.45) is 0. The lowest BCUT2D eigenvalue weighted by Crippen LogP contribution is -2.14. The average Bonchev–Trinajstić information content (AvgIpc) is 2.50. The first-order valence-electron chi connectivity index (χ1n) is 6.36. The van der Waals surface area contributed by atoms with Gasteiger partial charge in [-0.15, -0.1) is 0 Å². The molecule has 0 unspecified atom stereocenters. The second kappa shape index (κ2) is 5.54. The molecule has 0 aliphatic heterocycles. The Hall–Kier alpha value is -2.40. The molecule has 0 fully saturated rings. The van der Waals surface area contributed by atoms with E-state index in [9.17, 15) is 4.79 Å². The van der Waals surface area contributed by atoms with Crippen LogP contribution in [-0.2, 0) is 0 Å². The van der Waals surface area contributed by atoms with Crippen molar-refractivity contribution >= 4 is 44.1 Å². The molecule has 1 amide bonds. The molecule has 5 heteroatoms. The molecule has 0 saturated carbocycles. The first kappa shape index (κ1) is 13.6. The van der Waals surface area contributed by atoms with Gasteiger partial charge in [-0.25, -0.2) is 4.98 Å². The lowest BCUT2D eigenvalue weighted by molar-refractivity contribution is 0.102. The Morgan fingerprint density at radius 2 is 1.76 bits per heavy atom. The Kier molecular flexibility index (Phi) is 3.58. The summed E-state index contributed by atoms with van der Waals surface area (Å²) in [5.74, 6) is 0.0399. The Balaban J connectivity index is 1.99. The maximum Gasteiger partial charge on any atom is 0.274 e. The summed E-state index contributed by atoms with van der Waals surface area (Å²) in [7, 11) is 0. The van der Waals surface area contributed by atoms with Gasteiger partial charge in [-0.2, -0.15) is 0 Å². The number of nitrogen functional groups attached to an aromatic ring is 1. The van der Waals surface area contributed by atoms with Crippen LogP contribution in [-0.4, -0.2) is 10.9 Å². The molecule has 3 rings (SSSR count). The first-order chi connectivity index (χ1) is 10.1. The fourth-order valence-electron chi connectivity index (χ4n) is 2.14. The van der Waals surface area contributed by atoms with Gasteiger partial charge in [0.05, 0.1) is 0 Å². The van der Waals surface area contributed by atoms with Crippen molar-refractivity contribution in [2.24, 2.45) is 0 Å². The smallest absolute Gasteiger partial charge is 0.274 e. The molecule has 0 bridgehead atoms. The van der Waals surface area contributed by atoms with E-state index in [2.05, 4.69) is 26.2 Å². The van der Waals surface area contributed by atoms with E-state index >= 15 is 0 Å². The number of nitrogens with one attached hydrogen (secondary N) is 1. The molecule has 0 aliphatic rings. The van der Waals surface area contributed by atoms with Crippen molar-refractivity contribution in [2.45, 2.75) is 0 Å². The number of aromatic nitrogens is 1. The Labute approximate surface area is 130 Å². The van der Waals surface area contributed by atoms with Crippen LogP contribution in [0.2, 0.25) is 0 Å². The monoisotopic (exact) mass is 341 g/mol. The van der Waals surface area contributed by atoms with Crippen LogP contribution in [0.5, 0.6) is 0 Å². The normalized spacial score (nSPS) is 10.5. The number of nitrogens with zero attached hydrogens (tertiary/aromatic N) is 1. The third-order valence-electron chi connectivity index (χ3n) is 3.12. The molecular weight excluding hydrogens is 330 g/mol. The number of hydrogen-bond donors (Lipinski definition) is 2. The third-order valence-corrected chi connectivity index (χ3v) is 3.81. The van der Waals surface area contributed by atoms with E-state index in [4.69, 9.17) is 5.73 Å². The number of hydrogen-bond acceptors (Lipinski definition) is 3. The molecule has 2 aromatic carbocycles. The quantitative estimate of drug-likeness (QED) is 0.744. The highest BCUT2D eigenvalue weighted by molar-refractivity contribution is 9.10. The van der Waals surface area contributed by atoms with Gasteiger partial charge in [0.1, 0.15) is 11.5 Å². The van der Waals surface area contributed by atoms with Crippen LogP contribution in [0.1, 0.15) is 10.5 Å². The van der Waals surface area contributed by atoms with Crippen LogP contribution in [0.15, 0.2) is 59.1 Å². The molecule has 4 nitrogen and oxygen atoms in total. The lowest BCUT2D eigenvalue weighted by atomic mass is 10.1. The molecule has 21 heavy (non-hydrogen) atoms. The Morgan fingerprint density at radius 3 is 2.52 bits per heavy atom. The SMILES string of the molecule is Nc1cccc(C(=O)Nc2ccc(Br)c3ccccc23)n1. The number of halogens is 1. The predicted octanol–water partition coefficient (Wildman–Crippen LogP) is 3.83. The number of amides is 1. The number of anilines is 2. The van der Waals surface area contributed by atoms with Crippen molar-refractivity contribution < 1.29 is 4.79 Å². The second-order valence-electron chi connectivity index (χ2n) is 4.54. The van der Waals surface area contributed by atoms with Crippen molar-refractivity contribution in [3.05, 3.63) is 64.8 Å². The van der Waals surface area contributed by atoms with Gasteiger partial charge in [0.2, 0.25) is 0 Å². The molecule has 3 N–H and O–H groups in total. The minimum atomic E-state index is -0.283. The summed E-state index contributed by atoms with van der Waals surface area (Å²) in [4.78, 5) is 16.3. The maximum atomic E-state index is 12.3. The van der Waals surface area contributed by atoms with Crippen molar-refractivity contribution in [3.63, 3.8) is 0 Å². The maximum absolute atomic E-state index is 12.3. The number of carbonyl (C=O) groups is 1. The number of rotatable bonds is 2. The van der Waals surface area contributed by atoms with E-state index in [1.54, 1.807) is 18.2 Å². The van der Waals surface area contributed by atoms with E-state index in [1.165, 1.54) is 0 Å². The number of pyridine rings is 1. The summed E-state index contributed by atoms with van der Waals surface area (Å²) in [5, 5.41) is 4.88. The van der Waals surface area contributed by atoms with Crippen molar-refractivity contribution in [1.82, 2.24) is 4.98 Å².